The third kappa shape index (κ3) is 47.6. The van der Waals surface area contributed by atoms with Crippen LogP contribution in [-0.2, 0) is 28.6 Å². The molecule has 1 atom stereocenters. The fourth-order valence-corrected chi connectivity index (χ4v) is 6.84. The maximum absolute atomic E-state index is 12.7. The lowest BCUT2D eigenvalue weighted by Crippen LogP contribution is -2.30. The summed E-state index contributed by atoms with van der Waals surface area (Å²) in [7, 11) is 0. The first-order valence-corrected chi connectivity index (χ1v) is 25.6. The fraction of sp³-hybridized carbons (Fsp3) is 0.696. The van der Waals surface area contributed by atoms with E-state index in [1.54, 1.807) is 0 Å². The molecule has 0 N–H and O–H groups in total. The Kier molecular flexibility index (Phi) is 47.5. The molecule has 6 nitrogen and oxygen atoms in total. The van der Waals surface area contributed by atoms with Crippen LogP contribution >= 0.6 is 0 Å². The summed E-state index contributed by atoms with van der Waals surface area (Å²) in [5.74, 6) is -0.965. The topological polar surface area (TPSA) is 78.9 Å². The summed E-state index contributed by atoms with van der Waals surface area (Å²) in [6.45, 7) is 6.41. The van der Waals surface area contributed by atoms with Crippen LogP contribution in [0.1, 0.15) is 233 Å². The molecule has 0 aliphatic carbocycles. The van der Waals surface area contributed by atoms with E-state index in [9.17, 15) is 14.4 Å². The van der Waals surface area contributed by atoms with Gasteiger partial charge in [0.25, 0.3) is 0 Å². The minimum Gasteiger partial charge on any atom is -0.462 e. The zero-order chi connectivity index (χ0) is 45.1. The molecule has 0 amide bonds. The molecule has 1 unspecified atom stereocenters. The highest BCUT2D eigenvalue weighted by atomic mass is 16.6. The van der Waals surface area contributed by atoms with E-state index >= 15 is 0 Å². The van der Waals surface area contributed by atoms with E-state index in [1.807, 2.05) is 0 Å². The lowest BCUT2D eigenvalue weighted by molar-refractivity contribution is -0.167. The van der Waals surface area contributed by atoms with Crippen LogP contribution in [-0.4, -0.2) is 37.2 Å². The number of carbonyl (C=O) groups is 3. The predicted molar refractivity (Wildman–Crippen MR) is 265 cm³/mol. The van der Waals surface area contributed by atoms with E-state index in [-0.39, 0.29) is 37.5 Å². The molecule has 0 rings (SSSR count). The molecule has 0 aromatic carbocycles. The lowest BCUT2D eigenvalue weighted by Gasteiger charge is -2.18. The van der Waals surface area contributed by atoms with Gasteiger partial charge in [-0.05, 0) is 70.6 Å². The van der Waals surface area contributed by atoms with Crippen molar-refractivity contribution in [1.82, 2.24) is 0 Å². The zero-order valence-electron chi connectivity index (χ0n) is 40.4. The third-order valence-electron chi connectivity index (χ3n) is 10.7. The average molecular weight is 863 g/mol. The van der Waals surface area contributed by atoms with Gasteiger partial charge in [-0.3, -0.25) is 14.4 Å². The van der Waals surface area contributed by atoms with Crippen molar-refractivity contribution in [1.29, 1.82) is 0 Å². The summed E-state index contributed by atoms with van der Waals surface area (Å²) in [4.78, 5) is 37.7. The van der Waals surface area contributed by atoms with Crippen LogP contribution in [0.3, 0.4) is 0 Å². The van der Waals surface area contributed by atoms with Gasteiger partial charge in [-0.1, -0.05) is 228 Å². The van der Waals surface area contributed by atoms with Crippen molar-refractivity contribution in [2.75, 3.05) is 13.2 Å². The molecule has 62 heavy (non-hydrogen) atoms. The SMILES string of the molecule is CC/C=C\C/C=C\C/C=C\C/C=C\C/C=C\C/C=C\C/C=C\CCCC(=O)OCC(COC(=O)CCCCCCCC)OC(=O)CCCCCCCCCCCCCCCCC. The van der Waals surface area contributed by atoms with Gasteiger partial charge < -0.3 is 14.2 Å². The molecule has 0 aliphatic heterocycles. The van der Waals surface area contributed by atoms with E-state index in [0.29, 0.717) is 19.3 Å². The lowest BCUT2D eigenvalue weighted by atomic mass is 10.0. The Bertz CT molecular complexity index is 1220. The minimum absolute atomic E-state index is 0.0934. The third-order valence-corrected chi connectivity index (χ3v) is 10.7. The maximum Gasteiger partial charge on any atom is 0.306 e. The molecule has 0 spiro atoms. The molecule has 0 aromatic heterocycles. The molecule has 0 aliphatic rings. The first-order chi connectivity index (χ1) is 30.5. The van der Waals surface area contributed by atoms with Crippen LogP contribution in [0.15, 0.2) is 85.1 Å². The van der Waals surface area contributed by atoms with Gasteiger partial charge in [-0.25, -0.2) is 0 Å². The summed E-state index contributed by atoms with van der Waals surface area (Å²) < 4.78 is 16.6. The van der Waals surface area contributed by atoms with Gasteiger partial charge >= 0.3 is 17.9 Å². The maximum atomic E-state index is 12.7. The molecule has 0 aromatic rings. The molecule has 0 radical (unpaired) electrons. The first kappa shape index (κ1) is 58.6. The Morgan fingerprint density at radius 1 is 0.339 bits per heavy atom. The molecule has 0 heterocycles. The van der Waals surface area contributed by atoms with Crippen LogP contribution < -0.4 is 0 Å². The van der Waals surface area contributed by atoms with Crippen LogP contribution in [0, 0.1) is 0 Å². The first-order valence-electron chi connectivity index (χ1n) is 25.6. The summed E-state index contributed by atoms with van der Waals surface area (Å²) in [5, 5.41) is 0. The van der Waals surface area contributed by atoms with Gasteiger partial charge in [0, 0.05) is 19.3 Å². The fourth-order valence-electron chi connectivity index (χ4n) is 6.84. The number of esters is 3. The van der Waals surface area contributed by atoms with Gasteiger partial charge in [0.1, 0.15) is 13.2 Å². The van der Waals surface area contributed by atoms with Crippen molar-refractivity contribution in [3.63, 3.8) is 0 Å². The van der Waals surface area contributed by atoms with Gasteiger partial charge in [0.05, 0.1) is 0 Å². The second-order valence-electron chi connectivity index (χ2n) is 16.7. The summed E-state index contributed by atoms with van der Waals surface area (Å²) in [6, 6.07) is 0. The molecule has 0 bridgehead atoms. The van der Waals surface area contributed by atoms with Crippen LogP contribution in [0.2, 0.25) is 0 Å². The molecule has 6 heteroatoms. The number of unbranched alkanes of at least 4 members (excludes halogenated alkanes) is 20. The Labute approximate surface area is 382 Å². The minimum atomic E-state index is -0.794. The van der Waals surface area contributed by atoms with E-state index in [0.717, 1.165) is 89.9 Å². The Morgan fingerprint density at radius 3 is 0.984 bits per heavy atom. The standard InChI is InChI=1S/C56H94O6/c1-4-7-10-13-16-18-20-22-24-25-26-27-28-29-30-31-33-34-36-38-40-43-46-49-55(58)61-52-53(51-60-54(57)48-45-42-15-12-9-6-3)62-56(59)50-47-44-41-39-37-35-32-23-21-19-17-14-11-8-5-2/h7,10,16,18,22,24,26-27,29-30,33-34,38,40,53H,4-6,8-9,11-15,17,19-21,23,25,28,31-32,35-37,39,41-52H2,1-3H3/b10-7-,18-16-,24-22-,27-26-,30-29-,34-33-,40-38-. The van der Waals surface area contributed by atoms with Gasteiger partial charge in [-0.2, -0.15) is 0 Å². The van der Waals surface area contributed by atoms with E-state index in [4.69, 9.17) is 14.2 Å². The van der Waals surface area contributed by atoms with Crippen molar-refractivity contribution in [3.05, 3.63) is 85.1 Å². The number of ether oxygens (including phenoxy) is 3. The van der Waals surface area contributed by atoms with Crippen LogP contribution in [0.4, 0.5) is 0 Å². The largest absolute Gasteiger partial charge is 0.462 e. The molecule has 0 fully saturated rings. The van der Waals surface area contributed by atoms with E-state index in [2.05, 4.69) is 106 Å². The molecule has 0 saturated carbocycles. The predicted octanol–water partition coefficient (Wildman–Crippen LogP) is 16.8. The van der Waals surface area contributed by atoms with Crippen molar-refractivity contribution in [2.24, 2.45) is 0 Å². The van der Waals surface area contributed by atoms with Gasteiger partial charge in [0.15, 0.2) is 6.10 Å². The van der Waals surface area contributed by atoms with Crippen LogP contribution in [0.25, 0.3) is 0 Å². The zero-order valence-corrected chi connectivity index (χ0v) is 40.4. The number of rotatable bonds is 45. The molecular weight excluding hydrogens is 769 g/mol. The summed E-state index contributed by atoms with van der Waals surface area (Å²) in [5.41, 5.74) is 0. The Balaban J connectivity index is 4.31. The summed E-state index contributed by atoms with van der Waals surface area (Å²) >= 11 is 0. The highest BCUT2D eigenvalue weighted by molar-refractivity contribution is 5.71. The highest BCUT2D eigenvalue weighted by Crippen LogP contribution is 2.15. The van der Waals surface area contributed by atoms with Gasteiger partial charge in [0.2, 0.25) is 0 Å². The quantitative estimate of drug-likeness (QED) is 0.0263. The molecule has 0 saturated heterocycles. The van der Waals surface area contributed by atoms with Crippen molar-refractivity contribution >= 4 is 17.9 Å². The normalized spacial score (nSPS) is 12.8. The second-order valence-corrected chi connectivity index (χ2v) is 16.7. The van der Waals surface area contributed by atoms with Crippen molar-refractivity contribution in [2.45, 2.75) is 239 Å². The number of hydrogen-bond donors (Lipinski definition) is 0. The van der Waals surface area contributed by atoms with E-state index in [1.165, 1.54) is 96.3 Å². The highest BCUT2D eigenvalue weighted by Gasteiger charge is 2.19. The van der Waals surface area contributed by atoms with Gasteiger partial charge in [-0.15, -0.1) is 0 Å². The second kappa shape index (κ2) is 50.2. The number of hydrogen-bond acceptors (Lipinski definition) is 6. The Hall–Kier alpha value is -3.41. The van der Waals surface area contributed by atoms with Crippen molar-refractivity contribution in [3.8, 4) is 0 Å². The average Bonchev–Trinajstić information content (AvgIpc) is 3.27. The Morgan fingerprint density at radius 2 is 0.629 bits per heavy atom. The van der Waals surface area contributed by atoms with Crippen LogP contribution in [0.5, 0.6) is 0 Å². The summed E-state index contributed by atoms with van der Waals surface area (Å²) in [6.07, 6.45) is 64.5. The molecular formula is C56H94O6. The smallest absolute Gasteiger partial charge is 0.306 e. The number of allylic oxidation sites excluding steroid dienone is 14. The van der Waals surface area contributed by atoms with Crippen molar-refractivity contribution < 1.29 is 28.6 Å². The van der Waals surface area contributed by atoms with E-state index < -0.39 is 6.10 Å². The monoisotopic (exact) mass is 863 g/mol. The number of carbonyl (C=O) groups excluding carboxylic acids is 3. The molecule has 354 valence electrons.